The Labute approximate surface area is 82.4 Å². The maximum Gasteiger partial charge on any atom is 0.186 e. The summed E-state index contributed by atoms with van der Waals surface area (Å²) in [6.07, 6.45) is -2.78. The fourth-order valence-corrected chi connectivity index (χ4v) is 1.63. The lowest BCUT2D eigenvalue weighted by atomic mass is 9.93. The molecular weight excluding hydrogens is 190 g/mol. The van der Waals surface area contributed by atoms with Gasteiger partial charge >= 0.3 is 0 Å². The smallest absolute Gasteiger partial charge is 0.186 e. The minimum atomic E-state index is -1.23. The second kappa shape index (κ2) is 4.52. The summed E-state index contributed by atoms with van der Waals surface area (Å²) >= 11 is 0. The van der Waals surface area contributed by atoms with Gasteiger partial charge in [-0.2, -0.15) is 0 Å². The van der Waals surface area contributed by atoms with E-state index in [-0.39, 0.29) is 6.61 Å². The summed E-state index contributed by atoms with van der Waals surface area (Å²) in [5.41, 5.74) is 1.25. The van der Waals surface area contributed by atoms with Gasteiger partial charge in [0.15, 0.2) is 12.4 Å². The zero-order valence-corrected chi connectivity index (χ0v) is 8.30. The van der Waals surface area contributed by atoms with Gasteiger partial charge in [-0.1, -0.05) is 6.92 Å². The SMILES string of the molecule is CC[C@]1(CO)O[C@@H](O)[C@@H](ONC)C1O. The van der Waals surface area contributed by atoms with E-state index < -0.39 is 24.1 Å². The van der Waals surface area contributed by atoms with Gasteiger partial charge in [-0.15, -0.1) is 0 Å². The molecule has 14 heavy (non-hydrogen) atoms. The highest BCUT2D eigenvalue weighted by Crippen LogP contribution is 2.33. The lowest BCUT2D eigenvalue weighted by Gasteiger charge is -2.28. The molecule has 84 valence electrons. The van der Waals surface area contributed by atoms with E-state index in [2.05, 4.69) is 5.48 Å². The summed E-state index contributed by atoms with van der Waals surface area (Å²) in [5, 5.41) is 28.3. The molecule has 1 rings (SSSR count). The minimum absolute atomic E-state index is 0.356. The number of ether oxygens (including phenoxy) is 1. The highest BCUT2D eigenvalue weighted by Gasteiger charge is 2.53. The van der Waals surface area contributed by atoms with Crippen molar-refractivity contribution in [3.05, 3.63) is 0 Å². The highest BCUT2D eigenvalue weighted by atomic mass is 16.7. The van der Waals surface area contributed by atoms with Gasteiger partial charge in [-0.25, -0.2) is 5.48 Å². The molecule has 0 aromatic carbocycles. The van der Waals surface area contributed by atoms with E-state index in [1.165, 1.54) is 7.05 Å². The van der Waals surface area contributed by atoms with Crippen LogP contribution in [-0.2, 0) is 9.57 Å². The average Bonchev–Trinajstić information content (AvgIpc) is 2.43. The van der Waals surface area contributed by atoms with Crippen LogP contribution >= 0.6 is 0 Å². The van der Waals surface area contributed by atoms with Gasteiger partial charge in [0.2, 0.25) is 0 Å². The largest absolute Gasteiger partial charge is 0.393 e. The second-order valence-electron chi connectivity index (χ2n) is 3.32. The van der Waals surface area contributed by atoms with Gasteiger partial charge in [0.1, 0.15) is 11.7 Å². The molecule has 1 aliphatic heterocycles. The topological polar surface area (TPSA) is 91.2 Å². The molecule has 1 aliphatic rings. The Hall–Kier alpha value is -0.240. The van der Waals surface area contributed by atoms with Crippen molar-refractivity contribution >= 4 is 0 Å². The molecule has 0 aliphatic carbocycles. The average molecular weight is 207 g/mol. The van der Waals surface area contributed by atoms with Crippen LogP contribution < -0.4 is 5.48 Å². The highest BCUT2D eigenvalue weighted by molar-refractivity contribution is 4.98. The van der Waals surface area contributed by atoms with Gasteiger partial charge in [-0.05, 0) is 6.42 Å². The molecular formula is C8H17NO5. The number of nitrogens with one attached hydrogen (secondary N) is 1. The predicted molar refractivity (Wildman–Crippen MR) is 47.1 cm³/mol. The van der Waals surface area contributed by atoms with E-state index in [9.17, 15) is 10.2 Å². The molecule has 4 N–H and O–H groups in total. The number of hydrogen-bond donors (Lipinski definition) is 4. The number of aliphatic hydroxyl groups excluding tert-OH is 3. The number of hydroxylamine groups is 1. The molecule has 1 unspecified atom stereocenters. The van der Waals surface area contributed by atoms with Crippen molar-refractivity contribution < 1.29 is 24.9 Å². The first-order valence-corrected chi connectivity index (χ1v) is 4.58. The van der Waals surface area contributed by atoms with Crippen LogP contribution in [0.15, 0.2) is 0 Å². The Bertz CT molecular complexity index is 185. The maximum absolute atomic E-state index is 9.79. The molecule has 0 radical (unpaired) electrons. The molecule has 6 heteroatoms. The van der Waals surface area contributed by atoms with E-state index in [1.807, 2.05) is 0 Å². The Morgan fingerprint density at radius 2 is 2.14 bits per heavy atom. The third-order valence-corrected chi connectivity index (χ3v) is 2.61. The fourth-order valence-electron chi connectivity index (χ4n) is 1.63. The second-order valence-corrected chi connectivity index (χ2v) is 3.32. The van der Waals surface area contributed by atoms with Crippen LogP contribution in [-0.4, -0.2) is 53.1 Å². The molecule has 0 saturated carbocycles. The van der Waals surface area contributed by atoms with Crippen LogP contribution in [0.3, 0.4) is 0 Å². The van der Waals surface area contributed by atoms with Gasteiger partial charge in [0.25, 0.3) is 0 Å². The Morgan fingerprint density at radius 3 is 2.50 bits per heavy atom. The van der Waals surface area contributed by atoms with Crippen molar-refractivity contribution in [3.8, 4) is 0 Å². The lowest BCUT2D eigenvalue weighted by molar-refractivity contribution is -0.185. The predicted octanol–water partition coefficient (Wildman–Crippen LogP) is -1.64. The molecule has 0 spiro atoms. The van der Waals surface area contributed by atoms with Crippen molar-refractivity contribution in [1.82, 2.24) is 5.48 Å². The standard InChI is InChI=1S/C8H17NO5/c1-3-8(4-10)6(11)5(14-9-2)7(12)13-8/h5-7,9-12H,3-4H2,1-2H3/t5-,6?,7+,8+/m0/s1. The van der Waals surface area contributed by atoms with Gasteiger partial charge in [-0.3, -0.25) is 4.84 Å². The van der Waals surface area contributed by atoms with Gasteiger partial charge < -0.3 is 20.1 Å². The first kappa shape index (κ1) is 11.8. The van der Waals surface area contributed by atoms with Crippen molar-refractivity contribution in [2.75, 3.05) is 13.7 Å². The third-order valence-electron chi connectivity index (χ3n) is 2.61. The van der Waals surface area contributed by atoms with Crippen molar-refractivity contribution in [3.63, 3.8) is 0 Å². The van der Waals surface area contributed by atoms with Crippen LogP contribution in [0.4, 0.5) is 0 Å². The Kier molecular flexibility index (Phi) is 3.82. The van der Waals surface area contributed by atoms with Crippen molar-refractivity contribution in [2.24, 2.45) is 0 Å². The van der Waals surface area contributed by atoms with Crippen LogP contribution in [0, 0.1) is 0 Å². The molecule has 1 heterocycles. The van der Waals surface area contributed by atoms with Crippen LogP contribution in [0.5, 0.6) is 0 Å². The first-order valence-electron chi connectivity index (χ1n) is 4.58. The molecule has 1 fully saturated rings. The quantitative estimate of drug-likeness (QED) is 0.413. The molecule has 0 aromatic heterocycles. The zero-order chi connectivity index (χ0) is 10.8. The summed E-state index contributed by atoms with van der Waals surface area (Å²) in [6, 6.07) is 0. The molecule has 0 aromatic rings. The van der Waals surface area contributed by atoms with Crippen LogP contribution in [0.2, 0.25) is 0 Å². The van der Waals surface area contributed by atoms with E-state index in [1.54, 1.807) is 6.92 Å². The van der Waals surface area contributed by atoms with Crippen molar-refractivity contribution in [2.45, 2.75) is 37.4 Å². The summed E-state index contributed by atoms with van der Waals surface area (Å²) in [4.78, 5) is 4.90. The summed E-state index contributed by atoms with van der Waals surface area (Å²) in [7, 11) is 1.52. The maximum atomic E-state index is 9.79. The number of hydrogen-bond acceptors (Lipinski definition) is 6. The van der Waals surface area contributed by atoms with Crippen LogP contribution in [0.25, 0.3) is 0 Å². The lowest BCUT2D eigenvalue weighted by Crippen LogP contribution is -2.47. The van der Waals surface area contributed by atoms with E-state index in [0.29, 0.717) is 6.42 Å². The minimum Gasteiger partial charge on any atom is -0.393 e. The Morgan fingerprint density at radius 1 is 1.50 bits per heavy atom. The number of rotatable bonds is 4. The molecule has 6 nitrogen and oxygen atoms in total. The summed E-state index contributed by atoms with van der Waals surface area (Å²) in [5.74, 6) is 0. The van der Waals surface area contributed by atoms with Crippen molar-refractivity contribution in [1.29, 1.82) is 0 Å². The monoisotopic (exact) mass is 207 g/mol. The summed E-state index contributed by atoms with van der Waals surface area (Å²) < 4.78 is 5.12. The third kappa shape index (κ3) is 1.77. The van der Waals surface area contributed by atoms with E-state index in [4.69, 9.17) is 14.7 Å². The van der Waals surface area contributed by atoms with E-state index in [0.717, 1.165) is 0 Å². The molecule has 0 bridgehead atoms. The molecule has 0 amide bonds. The Balaban J connectivity index is 2.76. The fraction of sp³-hybridized carbons (Fsp3) is 1.00. The first-order chi connectivity index (χ1) is 6.61. The summed E-state index contributed by atoms with van der Waals surface area (Å²) in [6.45, 7) is 1.40. The number of aliphatic hydroxyl groups is 3. The van der Waals surface area contributed by atoms with Gasteiger partial charge in [0.05, 0.1) is 6.61 Å². The molecule has 4 atom stereocenters. The van der Waals surface area contributed by atoms with Gasteiger partial charge in [0, 0.05) is 7.05 Å². The van der Waals surface area contributed by atoms with Crippen LogP contribution in [0.1, 0.15) is 13.3 Å². The normalized spacial score (nSPS) is 43.1. The van der Waals surface area contributed by atoms with E-state index >= 15 is 0 Å². The zero-order valence-electron chi connectivity index (χ0n) is 8.30. The molecule has 1 saturated heterocycles.